The van der Waals surface area contributed by atoms with Crippen LogP contribution in [0, 0.1) is 0 Å². The van der Waals surface area contributed by atoms with E-state index in [-0.39, 0.29) is 75.0 Å². The van der Waals surface area contributed by atoms with E-state index in [9.17, 15) is 50.8 Å². The quantitative estimate of drug-likeness (QED) is 0.160. The molecule has 0 aliphatic carbocycles. The van der Waals surface area contributed by atoms with Crippen LogP contribution in [0.1, 0.15) is 34.5 Å². The van der Waals surface area contributed by atoms with Crippen molar-refractivity contribution in [3.63, 3.8) is 0 Å². The highest BCUT2D eigenvalue weighted by molar-refractivity contribution is 5.94. The summed E-state index contributed by atoms with van der Waals surface area (Å²) < 4.78 is 11.8. The highest BCUT2D eigenvalue weighted by atomic mass is 16.5. The van der Waals surface area contributed by atoms with Gasteiger partial charge in [-0.15, -0.1) is 0 Å². The molecular weight excluding hydrogens is 540 g/mol. The fourth-order valence-corrected chi connectivity index (χ4v) is 5.52. The second-order valence-electron chi connectivity index (χ2n) is 10.1. The van der Waals surface area contributed by atoms with Gasteiger partial charge in [0.05, 0.1) is 17.6 Å². The Morgan fingerprint density at radius 2 is 1.15 bits per heavy atom. The van der Waals surface area contributed by atoms with Gasteiger partial charge in [-0.2, -0.15) is 0 Å². The van der Waals surface area contributed by atoms with Gasteiger partial charge in [-0.1, -0.05) is 0 Å². The molecule has 0 bridgehead atoms. The molecule has 4 atom stereocenters. The van der Waals surface area contributed by atoms with Gasteiger partial charge >= 0.3 is 0 Å². The van der Waals surface area contributed by atoms with Crippen molar-refractivity contribution in [2.24, 2.45) is 0 Å². The van der Waals surface area contributed by atoms with E-state index in [4.69, 9.17) is 9.47 Å². The molecule has 0 amide bonds. The van der Waals surface area contributed by atoms with Gasteiger partial charge in [-0.3, -0.25) is 4.79 Å². The summed E-state index contributed by atoms with van der Waals surface area (Å²) >= 11 is 0. The molecule has 2 aliphatic rings. The van der Waals surface area contributed by atoms with Gasteiger partial charge in [-0.25, -0.2) is 0 Å². The van der Waals surface area contributed by atoms with Crippen LogP contribution in [-0.2, 0) is 12.8 Å². The second kappa shape index (κ2) is 9.25. The number of aliphatic hydroxyl groups excluding tert-OH is 2. The van der Waals surface area contributed by atoms with E-state index in [1.165, 1.54) is 18.2 Å². The number of hydrogen-bond acceptors (Lipinski definition) is 12. The molecule has 0 saturated carbocycles. The minimum atomic E-state index is -1.34. The fourth-order valence-electron chi connectivity index (χ4n) is 5.52. The zero-order valence-corrected chi connectivity index (χ0v) is 21.0. The second-order valence-corrected chi connectivity index (χ2v) is 10.1. The molecule has 4 aromatic rings. The molecule has 9 N–H and O–H groups in total. The van der Waals surface area contributed by atoms with Crippen molar-refractivity contribution in [2.45, 2.75) is 37.3 Å². The van der Waals surface area contributed by atoms with Gasteiger partial charge in [-0.05, 0) is 29.1 Å². The molecule has 12 nitrogen and oxygen atoms in total. The van der Waals surface area contributed by atoms with E-state index in [2.05, 4.69) is 0 Å². The predicted octanol–water partition coefficient (Wildman–Crippen LogP) is 2.21. The van der Waals surface area contributed by atoms with Crippen molar-refractivity contribution in [1.82, 2.24) is 0 Å². The topological polar surface area (TPSA) is 218 Å². The Hall–Kier alpha value is -5.07. The van der Waals surface area contributed by atoms with Crippen molar-refractivity contribution in [3.8, 4) is 51.7 Å². The van der Waals surface area contributed by atoms with Gasteiger partial charge in [0.2, 0.25) is 5.43 Å². The lowest BCUT2D eigenvalue weighted by atomic mass is 9.90. The van der Waals surface area contributed by atoms with Crippen LogP contribution in [0.3, 0.4) is 0 Å². The first-order valence-electron chi connectivity index (χ1n) is 12.5. The number of aromatic hydroxyl groups is 7. The van der Waals surface area contributed by atoms with Crippen molar-refractivity contribution in [3.05, 3.63) is 74.9 Å². The van der Waals surface area contributed by atoms with E-state index < -0.39 is 52.5 Å². The molecule has 4 aromatic carbocycles. The highest BCUT2D eigenvalue weighted by Crippen LogP contribution is 2.47. The van der Waals surface area contributed by atoms with Crippen LogP contribution in [0.2, 0.25) is 0 Å². The minimum Gasteiger partial charge on any atom is -0.508 e. The SMILES string of the molecule is O=c1c(O)cc([C@H]2Oc3cc(O)cc(O)c3CC2O)cc2c([C@@H]3Oc4cc(O)cc(O)c4C[C@@H]3O)cc(O)c(O)c12. The maximum Gasteiger partial charge on any atom is 0.231 e. The number of benzene rings is 3. The van der Waals surface area contributed by atoms with Crippen LogP contribution in [0.4, 0.5) is 0 Å². The summed E-state index contributed by atoms with van der Waals surface area (Å²) in [5, 5.41) is 93.5. The zero-order chi connectivity index (χ0) is 29.3. The molecule has 6 rings (SSSR count). The van der Waals surface area contributed by atoms with Gasteiger partial charge in [0.15, 0.2) is 23.4 Å². The molecule has 212 valence electrons. The number of aliphatic hydroxyl groups is 2. The van der Waals surface area contributed by atoms with Crippen molar-refractivity contribution >= 4 is 10.8 Å². The largest absolute Gasteiger partial charge is 0.508 e. The number of hydrogen-bond donors (Lipinski definition) is 9. The van der Waals surface area contributed by atoms with Gasteiger partial charge in [0.1, 0.15) is 40.6 Å². The van der Waals surface area contributed by atoms with Gasteiger partial charge in [0, 0.05) is 53.8 Å². The number of phenols is 6. The zero-order valence-electron chi connectivity index (χ0n) is 21.0. The standard InChI is InChI=1S/C29H24O12/c30-11-3-17(32)15-8-21(36)28(40-23(15)5-11)10-1-13-14(7-20(35)27(39)25(13)26(38)19(34)2-10)29-22(37)9-16-18(33)4-12(31)6-24(16)41-29/h1-7,21-22,28-33,35-37,39H,8-9H2,(H,34,38)/t21?,22-,28+,29-/m0/s1. The van der Waals surface area contributed by atoms with Gasteiger partial charge in [0.25, 0.3) is 0 Å². The molecule has 2 aliphatic heterocycles. The first-order chi connectivity index (χ1) is 19.4. The summed E-state index contributed by atoms with van der Waals surface area (Å²) in [6, 6.07) is 8.05. The highest BCUT2D eigenvalue weighted by Gasteiger charge is 2.36. The van der Waals surface area contributed by atoms with E-state index in [1.54, 1.807) is 0 Å². The van der Waals surface area contributed by atoms with Crippen molar-refractivity contribution in [1.29, 1.82) is 0 Å². The molecule has 0 spiro atoms. The molecule has 1 unspecified atom stereocenters. The Morgan fingerprint density at radius 3 is 1.73 bits per heavy atom. The molecule has 0 aromatic heterocycles. The lowest BCUT2D eigenvalue weighted by Crippen LogP contribution is -2.31. The Labute approximate surface area is 230 Å². The van der Waals surface area contributed by atoms with Crippen LogP contribution in [0.15, 0.2) is 47.3 Å². The maximum absolute atomic E-state index is 13.2. The summed E-state index contributed by atoms with van der Waals surface area (Å²) in [6.45, 7) is 0. The molecule has 2 heterocycles. The average molecular weight is 564 g/mol. The minimum absolute atomic E-state index is 0.00576. The summed E-state index contributed by atoms with van der Waals surface area (Å²) in [5.74, 6) is -3.57. The average Bonchev–Trinajstić information content (AvgIpc) is 3.03. The number of ether oxygens (including phenoxy) is 2. The lowest BCUT2D eigenvalue weighted by molar-refractivity contribution is 0.0193. The lowest BCUT2D eigenvalue weighted by Gasteiger charge is -2.32. The molecule has 12 heteroatoms. The Morgan fingerprint density at radius 1 is 0.610 bits per heavy atom. The van der Waals surface area contributed by atoms with Crippen molar-refractivity contribution in [2.75, 3.05) is 0 Å². The summed E-state index contributed by atoms with van der Waals surface area (Å²) in [4.78, 5) is 13.2. The predicted molar refractivity (Wildman–Crippen MR) is 141 cm³/mol. The van der Waals surface area contributed by atoms with E-state index in [1.807, 2.05) is 0 Å². The Kier molecular flexibility index (Phi) is 5.90. The number of fused-ring (bicyclic) bond motifs is 3. The van der Waals surface area contributed by atoms with E-state index >= 15 is 0 Å². The number of phenolic OH excluding ortho intramolecular Hbond substituents is 6. The summed E-state index contributed by atoms with van der Waals surface area (Å²) in [5.41, 5.74) is -0.578. The molecule has 0 fully saturated rings. The summed E-state index contributed by atoms with van der Waals surface area (Å²) in [6.07, 6.45) is -5.40. The van der Waals surface area contributed by atoms with Crippen LogP contribution in [0.5, 0.6) is 51.7 Å². The van der Waals surface area contributed by atoms with Crippen LogP contribution in [0.25, 0.3) is 10.8 Å². The van der Waals surface area contributed by atoms with Crippen molar-refractivity contribution < 1.29 is 55.4 Å². The molecular formula is C29H24O12. The van der Waals surface area contributed by atoms with E-state index in [0.29, 0.717) is 0 Å². The third kappa shape index (κ3) is 4.20. The van der Waals surface area contributed by atoms with Crippen LogP contribution >= 0.6 is 0 Å². The van der Waals surface area contributed by atoms with Gasteiger partial charge < -0.3 is 55.4 Å². The Balaban J connectivity index is 1.56. The van der Waals surface area contributed by atoms with Crippen LogP contribution in [-0.4, -0.2) is 58.2 Å². The molecule has 0 radical (unpaired) electrons. The third-order valence-electron chi connectivity index (χ3n) is 7.43. The molecule has 0 saturated heterocycles. The number of rotatable bonds is 2. The first kappa shape index (κ1) is 26.2. The normalized spacial score (nSPS) is 21.4. The fraction of sp³-hybridized carbons (Fsp3) is 0.207. The smallest absolute Gasteiger partial charge is 0.231 e. The van der Waals surface area contributed by atoms with Crippen LogP contribution < -0.4 is 14.9 Å². The molecule has 41 heavy (non-hydrogen) atoms. The third-order valence-corrected chi connectivity index (χ3v) is 7.43. The monoisotopic (exact) mass is 564 g/mol. The Bertz CT molecular complexity index is 1800. The van der Waals surface area contributed by atoms with E-state index in [0.717, 1.165) is 24.3 Å². The maximum atomic E-state index is 13.2. The first-order valence-corrected chi connectivity index (χ1v) is 12.5. The summed E-state index contributed by atoms with van der Waals surface area (Å²) in [7, 11) is 0.